The van der Waals surface area contributed by atoms with Crippen LogP contribution in [0.3, 0.4) is 0 Å². The highest BCUT2D eigenvalue weighted by atomic mass is 32.2. The zero-order valence-electron chi connectivity index (χ0n) is 12.1. The van der Waals surface area contributed by atoms with Crippen molar-refractivity contribution in [3.63, 3.8) is 0 Å². The molecule has 0 bridgehead atoms. The van der Waals surface area contributed by atoms with Crippen LogP contribution in [0.15, 0.2) is 41.3 Å². The molecule has 7 nitrogen and oxygen atoms in total. The van der Waals surface area contributed by atoms with Gasteiger partial charge in [-0.1, -0.05) is 0 Å². The number of esters is 1. The largest absolute Gasteiger partial charge is 0.465 e. The third kappa shape index (κ3) is 3.71. The maximum atomic E-state index is 13.9. The van der Waals surface area contributed by atoms with Gasteiger partial charge in [-0.25, -0.2) is 17.8 Å². The first-order chi connectivity index (χ1) is 11.3. The van der Waals surface area contributed by atoms with Crippen molar-refractivity contribution in [1.82, 2.24) is 0 Å². The van der Waals surface area contributed by atoms with Gasteiger partial charge in [0, 0.05) is 18.2 Å². The van der Waals surface area contributed by atoms with E-state index in [4.69, 9.17) is 0 Å². The molecule has 0 aliphatic carbocycles. The normalized spacial score (nSPS) is 11.6. The van der Waals surface area contributed by atoms with Gasteiger partial charge < -0.3 is 4.74 Å². The second-order valence-corrected chi connectivity index (χ2v) is 5.64. The number of anilines is 1. The number of nitrogens with one attached hydrogen (secondary N) is 1. The Labute approximate surface area is 137 Å². The van der Waals surface area contributed by atoms with Crippen LogP contribution in [0.2, 0.25) is 0 Å². The fourth-order valence-corrected chi connectivity index (χ4v) is 2.60. The number of carbonyl (C=O) groups excluding carboxylic acids is 1. The molecule has 2 rings (SSSR count). The molecule has 0 aromatic heterocycles. The lowest BCUT2D eigenvalue weighted by atomic mass is 10.2. The van der Waals surface area contributed by atoms with Gasteiger partial charge in [-0.05, 0) is 18.2 Å². The molecule has 0 saturated heterocycles. The standard InChI is InChI=1S/C14H10F2N2O5S/c1-23-14(19)10-6-12(16)13(7-11(10)15)17-24(22)9-4-2-8(3-5-9)18(20)21/h2-7,17H,1H3. The zero-order chi connectivity index (χ0) is 17.9. The van der Waals surface area contributed by atoms with Crippen molar-refractivity contribution in [2.45, 2.75) is 4.90 Å². The number of ether oxygens (including phenoxy) is 1. The summed E-state index contributed by atoms with van der Waals surface area (Å²) in [6.07, 6.45) is 0. The fourth-order valence-electron chi connectivity index (χ4n) is 1.74. The number of carbonyl (C=O) groups is 1. The average Bonchev–Trinajstić information content (AvgIpc) is 2.57. The topological polar surface area (TPSA) is 98.5 Å². The third-order valence-corrected chi connectivity index (χ3v) is 4.03. The molecule has 2 aromatic rings. The molecule has 0 aliphatic rings. The van der Waals surface area contributed by atoms with E-state index >= 15 is 0 Å². The minimum Gasteiger partial charge on any atom is -0.465 e. The number of nitrogens with zero attached hydrogens (tertiary/aromatic N) is 1. The molecule has 0 aliphatic heterocycles. The number of nitro groups is 1. The molecule has 126 valence electrons. The molecular weight excluding hydrogens is 346 g/mol. The molecule has 0 heterocycles. The van der Waals surface area contributed by atoms with Crippen LogP contribution in [0.4, 0.5) is 20.2 Å². The lowest BCUT2D eigenvalue weighted by Gasteiger charge is -2.09. The van der Waals surface area contributed by atoms with Gasteiger partial charge in [-0.2, -0.15) is 0 Å². The predicted molar refractivity (Wildman–Crippen MR) is 80.8 cm³/mol. The number of rotatable bonds is 5. The van der Waals surface area contributed by atoms with Crippen molar-refractivity contribution in [2.75, 3.05) is 11.8 Å². The minimum atomic E-state index is -1.99. The van der Waals surface area contributed by atoms with E-state index in [0.29, 0.717) is 12.1 Å². The number of non-ortho nitro benzene ring substituents is 1. The van der Waals surface area contributed by atoms with Crippen LogP contribution < -0.4 is 4.72 Å². The lowest BCUT2D eigenvalue weighted by Crippen LogP contribution is -2.10. The second kappa shape index (κ2) is 7.13. The van der Waals surface area contributed by atoms with Gasteiger partial charge in [-0.15, -0.1) is 0 Å². The molecular formula is C14H10F2N2O5S. The summed E-state index contributed by atoms with van der Waals surface area (Å²) in [7, 11) is -0.966. The molecule has 0 saturated carbocycles. The first kappa shape index (κ1) is 17.5. The van der Waals surface area contributed by atoms with E-state index in [1.807, 2.05) is 0 Å². The first-order valence-electron chi connectivity index (χ1n) is 6.33. The summed E-state index contributed by atoms with van der Waals surface area (Å²) in [6.45, 7) is 0. The van der Waals surface area contributed by atoms with Gasteiger partial charge in [0.1, 0.15) is 22.6 Å². The van der Waals surface area contributed by atoms with Gasteiger partial charge >= 0.3 is 5.97 Å². The summed E-state index contributed by atoms with van der Waals surface area (Å²) in [5.41, 5.74) is -1.23. The highest BCUT2D eigenvalue weighted by molar-refractivity contribution is 7.86. The van der Waals surface area contributed by atoms with E-state index in [2.05, 4.69) is 9.46 Å². The van der Waals surface area contributed by atoms with Gasteiger partial charge in [0.05, 0.1) is 28.2 Å². The first-order valence-corrected chi connectivity index (χ1v) is 7.48. The molecule has 0 fully saturated rings. The molecule has 2 aromatic carbocycles. The summed E-state index contributed by atoms with van der Waals surface area (Å²) in [5, 5.41) is 10.6. The van der Waals surface area contributed by atoms with E-state index in [1.165, 1.54) is 12.1 Å². The van der Waals surface area contributed by atoms with Crippen LogP contribution in [0.25, 0.3) is 0 Å². The number of methoxy groups -OCH3 is 1. The Bertz CT molecular complexity index is 827. The van der Waals surface area contributed by atoms with E-state index in [-0.39, 0.29) is 10.6 Å². The number of nitro benzene ring substituents is 1. The number of halogens is 2. The Hall–Kier alpha value is -2.88. The van der Waals surface area contributed by atoms with Crippen LogP contribution in [-0.4, -0.2) is 22.2 Å². The molecule has 1 atom stereocenters. The molecule has 0 amide bonds. The van der Waals surface area contributed by atoms with Crippen molar-refractivity contribution in [3.05, 3.63) is 63.7 Å². The van der Waals surface area contributed by atoms with E-state index in [9.17, 15) is 27.9 Å². The van der Waals surface area contributed by atoms with Crippen molar-refractivity contribution >= 4 is 28.3 Å². The number of benzene rings is 2. The Morgan fingerprint density at radius 3 is 2.38 bits per heavy atom. The maximum absolute atomic E-state index is 13.9. The van der Waals surface area contributed by atoms with Gasteiger partial charge in [0.15, 0.2) is 0 Å². The summed E-state index contributed by atoms with van der Waals surface area (Å²) >= 11 is 0. The van der Waals surface area contributed by atoms with E-state index in [0.717, 1.165) is 19.2 Å². The zero-order valence-corrected chi connectivity index (χ0v) is 12.9. The molecule has 1 unspecified atom stereocenters. The smallest absolute Gasteiger partial charge is 0.340 e. The van der Waals surface area contributed by atoms with Crippen LogP contribution >= 0.6 is 0 Å². The highest BCUT2D eigenvalue weighted by Gasteiger charge is 2.18. The Kier molecular flexibility index (Phi) is 5.19. The van der Waals surface area contributed by atoms with Crippen LogP contribution in [-0.2, 0) is 15.7 Å². The second-order valence-electron chi connectivity index (χ2n) is 4.43. The van der Waals surface area contributed by atoms with Gasteiger partial charge in [0.25, 0.3) is 5.69 Å². The summed E-state index contributed by atoms with van der Waals surface area (Å²) in [5.74, 6) is -3.10. The number of hydrogen-bond donors (Lipinski definition) is 1. The van der Waals surface area contributed by atoms with Crippen LogP contribution in [0.1, 0.15) is 10.4 Å². The van der Waals surface area contributed by atoms with E-state index in [1.54, 1.807) is 0 Å². The maximum Gasteiger partial charge on any atom is 0.340 e. The summed E-state index contributed by atoms with van der Waals surface area (Å²) < 4.78 is 46.3. The predicted octanol–water partition coefficient (Wildman–Crippen LogP) is 2.79. The van der Waals surface area contributed by atoms with Gasteiger partial charge in [-0.3, -0.25) is 14.8 Å². The SMILES string of the molecule is COC(=O)c1cc(F)c(NS(=O)c2ccc([N+](=O)[O-])cc2)cc1F. The summed E-state index contributed by atoms with van der Waals surface area (Å²) in [4.78, 5) is 21.3. The highest BCUT2D eigenvalue weighted by Crippen LogP contribution is 2.22. The monoisotopic (exact) mass is 356 g/mol. The van der Waals surface area contributed by atoms with E-state index < -0.39 is 44.8 Å². The Balaban J connectivity index is 2.24. The Morgan fingerprint density at radius 1 is 1.21 bits per heavy atom. The number of hydrogen-bond acceptors (Lipinski definition) is 5. The minimum absolute atomic E-state index is 0.123. The third-order valence-electron chi connectivity index (χ3n) is 2.93. The molecule has 0 radical (unpaired) electrons. The summed E-state index contributed by atoms with van der Waals surface area (Å²) in [6, 6.07) is 6.00. The van der Waals surface area contributed by atoms with Crippen LogP contribution in [0.5, 0.6) is 0 Å². The quantitative estimate of drug-likeness (QED) is 0.505. The van der Waals surface area contributed by atoms with Crippen molar-refractivity contribution in [3.8, 4) is 0 Å². The lowest BCUT2D eigenvalue weighted by molar-refractivity contribution is -0.384. The Morgan fingerprint density at radius 2 is 1.83 bits per heavy atom. The van der Waals surface area contributed by atoms with Gasteiger partial charge in [0.2, 0.25) is 0 Å². The fraction of sp³-hybridized carbons (Fsp3) is 0.0714. The van der Waals surface area contributed by atoms with Crippen molar-refractivity contribution < 1.29 is 27.4 Å². The van der Waals surface area contributed by atoms with Crippen molar-refractivity contribution in [1.29, 1.82) is 0 Å². The van der Waals surface area contributed by atoms with Crippen LogP contribution in [0, 0.1) is 21.7 Å². The average molecular weight is 356 g/mol. The molecule has 1 N–H and O–H groups in total. The molecule has 10 heteroatoms. The molecule has 24 heavy (non-hydrogen) atoms. The van der Waals surface area contributed by atoms with Crippen molar-refractivity contribution in [2.24, 2.45) is 0 Å². The molecule has 0 spiro atoms.